The van der Waals surface area contributed by atoms with Crippen LogP contribution in [0.15, 0.2) is 72.9 Å². The van der Waals surface area contributed by atoms with Gasteiger partial charge in [0.2, 0.25) is 0 Å². The predicted molar refractivity (Wildman–Crippen MR) is 238 cm³/mol. The van der Waals surface area contributed by atoms with Gasteiger partial charge in [-0.3, -0.25) is 14.4 Å². The van der Waals surface area contributed by atoms with Gasteiger partial charge in [-0.05, 0) is 77.0 Å². The molecule has 0 heterocycles. The molecule has 0 aliphatic carbocycles. The van der Waals surface area contributed by atoms with Gasteiger partial charge in [0.05, 0.1) is 0 Å². The summed E-state index contributed by atoms with van der Waals surface area (Å²) in [6, 6.07) is 0. The van der Waals surface area contributed by atoms with Gasteiger partial charge in [-0.2, -0.15) is 0 Å². The normalized spacial score (nSPS) is 12.7. The Balaban J connectivity index is 4.47. The Bertz CT molecular complexity index is 1080. The minimum atomic E-state index is -0.815. The van der Waals surface area contributed by atoms with E-state index in [2.05, 4.69) is 81.5 Å². The van der Waals surface area contributed by atoms with Crippen molar-refractivity contribution in [3.05, 3.63) is 72.9 Å². The van der Waals surface area contributed by atoms with Gasteiger partial charge in [0.1, 0.15) is 13.2 Å². The van der Waals surface area contributed by atoms with Crippen LogP contribution in [0.5, 0.6) is 0 Å². The number of carbonyl (C=O) groups is 3. The molecule has 0 bridgehead atoms. The first kappa shape index (κ1) is 52.9. The van der Waals surface area contributed by atoms with E-state index in [9.17, 15) is 14.4 Å². The van der Waals surface area contributed by atoms with E-state index in [0.717, 1.165) is 89.9 Å². The number of esters is 3. The molecule has 0 fully saturated rings. The molecule has 6 heteroatoms. The van der Waals surface area contributed by atoms with Gasteiger partial charge >= 0.3 is 17.9 Å². The summed E-state index contributed by atoms with van der Waals surface area (Å²) >= 11 is 0. The lowest BCUT2D eigenvalue weighted by Crippen LogP contribution is -2.30. The largest absolute Gasteiger partial charge is 0.462 e. The second kappa shape index (κ2) is 44.6. The third-order valence-electron chi connectivity index (χ3n) is 9.46. The number of hydrogen-bond acceptors (Lipinski definition) is 6. The number of rotatable bonds is 40. The fourth-order valence-electron chi connectivity index (χ4n) is 6.01. The van der Waals surface area contributed by atoms with Crippen LogP contribution >= 0.6 is 0 Å². The number of unbranched alkanes of at least 4 members (excludes halogenated alkanes) is 17. The maximum absolute atomic E-state index is 12.7. The molecule has 0 aliphatic heterocycles. The monoisotopic (exact) mass is 781 g/mol. The molecule has 320 valence electrons. The Morgan fingerprint density at radius 3 is 1.18 bits per heavy atom. The average molecular weight is 781 g/mol. The van der Waals surface area contributed by atoms with Crippen LogP contribution in [-0.2, 0) is 28.6 Å². The molecule has 0 spiro atoms. The topological polar surface area (TPSA) is 78.9 Å². The van der Waals surface area contributed by atoms with Gasteiger partial charge < -0.3 is 14.2 Å². The van der Waals surface area contributed by atoms with Gasteiger partial charge in [0.25, 0.3) is 0 Å². The van der Waals surface area contributed by atoms with E-state index < -0.39 is 12.1 Å². The van der Waals surface area contributed by atoms with Crippen molar-refractivity contribution in [2.24, 2.45) is 0 Å². The molecular formula is C50H84O6. The number of allylic oxidation sites excluding steroid dienone is 12. The molecule has 0 aromatic rings. The number of carbonyl (C=O) groups excluding carboxylic acids is 3. The van der Waals surface area contributed by atoms with Gasteiger partial charge in [-0.25, -0.2) is 0 Å². The fraction of sp³-hybridized carbons (Fsp3) is 0.700. The highest BCUT2D eigenvalue weighted by Crippen LogP contribution is 2.13. The lowest BCUT2D eigenvalue weighted by atomic mass is 10.1. The molecule has 0 saturated heterocycles. The molecule has 0 radical (unpaired) electrons. The van der Waals surface area contributed by atoms with Crippen molar-refractivity contribution in [1.82, 2.24) is 0 Å². The van der Waals surface area contributed by atoms with Crippen LogP contribution in [-0.4, -0.2) is 37.2 Å². The molecule has 0 amide bonds. The molecule has 1 unspecified atom stereocenters. The zero-order chi connectivity index (χ0) is 40.8. The van der Waals surface area contributed by atoms with Crippen molar-refractivity contribution < 1.29 is 28.6 Å². The first-order chi connectivity index (χ1) is 27.5. The van der Waals surface area contributed by atoms with Crippen LogP contribution < -0.4 is 0 Å². The Hall–Kier alpha value is -3.15. The lowest BCUT2D eigenvalue weighted by molar-refractivity contribution is -0.166. The third-order valence-corrected chi connectivity index (χ3v) is 9.46. The minimum absolute atomic E-state index is 0.108. The zero-order valence-electron chi connectivity index (χ0n) is 36.4. The van der Waals surface area contributed by atoms with Crippen molar-refractivity contribution in [3.63, 3.8) is 0 Å². The molecule has 6 nitrogen and oxygen atoms in total. The van der Waals surface area contributed by atoms with Gasteiger partial charge in [-0.1, -0.05) is 184 Å². The van der Waals surface area contributed by atoms with Gasteiger partial charge in [0, 0.05) is 19.3 Å². The van der Waals surface area contributed by atoms with E-state index in [1.165, 1.54) is 70.6 Å². The first-order valence-electron chi connectivity index (χ1n) is 22.9. The van der Waals surface area contributed by atoms with Gasteiger partial charge in [0.15, 0.2) is 6.10 Å². The predicted octanol–water partition coefficient (Wildman–Crippen LogP) is 14.7. The summed E-state index contributed by atoms with van der Waals surface area (Å²) in [6.45, 7) is 6.39. The molecule has 0 rings (SSSR count). The molecule has 0 aromatic carbocycles. The van der Waals surface area contributed by atoms with E-state index in [-0.39, 0.29) is 31.6 Å². The van der Waals surface area contributed by atoms with Crippen LogP contribution in [0.25, 0.3) is 0 Å². The van der Waals surface area contributed by atoms with Crippen LogP contribution in [0.4, 0.5) is 0 Å². The summed E-state index contributed by atoms with van der Waals surface area (Å²) in [5, 5.41) is 0. The Morgan fingerprint density at radius 1 is 0.375 bits per heavy atom. The highest BCUT2D eigenvalue weighted by atomic mass is 16.6. The number of ether oxygens (including phenoxy) is 3. The van der Waals surface area contributed by atoms with Crippen molar-refractivity contribution in [3.8, 4) is 0 Å². The van der Waals surface area contributed by atoms with E-state index >= 15 is 0 Å². The Kier molecular flexibility index (Phi) is 42.1. The minimum Gasteiger partial charge on any atom is -0.462 e. The average Bonchev–Trinajstić information content (AvgIpc) is 3.19. The summed E-state index contributed by atoms with van der Waals surface area (Å²) in [6.07, 6.45) is 54.7. The van der Waals surface area contributed by atoms with Crippen LogP contribution in [0.3, 0.4) is 0 Å². The molecule has 1 atom stereocenters. The van der Waals surface area contributed by atoms with Crippen LogP contribution in [0, 0.1) is 0 Å². The van der Waals surface area contributed by atoms with E-state index in [1.807, 2.05) is 12.2 Å². The Morgan fingerprint density at radius 2 is 0.732 bits per heavy atom. The van der Waals surface area contributed by atoms with Crippen molar-refractivity contribution in [2.75, 3.05) is 13.2 Å². The SMILES string of the molecule is CC/C=C\C/C=C\C/C=C\C/C=C\CCC(=O)OC(COC(=O)CCCCCCC/C=C\C/C=C\CCCCCC)COC(=O)CCCCCCCCCCC. The summed E-state index contributed by atoms with van der Waals surface area (Å²) < 4.78 is 16.6. The van der Waals surface area contributed by atoms with Gasteiger partial charge in [-0.15, -0.1) is 0 Å². The second-order valence-electron chi connectivity index (χ2n) is 14.9. The first-order valence-corrected chi connectivity index (χ1v) is 22.9. The zero-order valence-corrected chi connectivity index (χ0v) is 36.4. The lowest BCUT2D eigenvalue weighted by Gasteiger charge is -2.18. The maximum atomic E-state index is 12.7. The summed E-state index contributed by atoms with van der Waals surface area (Å²) in [4.78, 5) is 37.7. The van der Waals surface area contributed by atoms with E-state index in [1.54, 1.807) is 0 Å². The third kappa shape index (κ3) is 42.0. The summed E-state index contributed by atoms with van der Waals surface area (Å²) in [5.74, 6) is -1.01. The van der Waals surface area contributed by atoms with Crippen molar-refractivity contribution in [2.45, 2.75) is 213 Å². The van der Waals surface area contributed by atoms with E-state index in [4.69, 9.17) is 14.2 Å². The molecule has 0 saturated carbocycles. The quantitative estimate of drug-likeness (QED) is 0.0267. The summed E-state index contributed by atoms with van der Waals surface area (Å²) in [7, 11) is 0. The summed E-state index contributed by atoms with van der Waals surface area (Å²) in [5.41, 5.74) is 0. The smallest absolute Gasteiger partial charge is 0.306 e. The van der Waals surface area contributed by atoms with Crippen LogP contribution in [0.2, 0.25) is 0 Å². The molecule has 0 aromatic heterocycles. The Labute approximate surface area is 344 Å². The highest BCUT2D eigenvalue weighted by Gasteiger charge is 2.19. The van der Waals surface area contributed by atoms with Crippen LogP contribution in [0.1, 0.15) is 207 Å². The number of hydrogen-bond donors (Lipinski definition) is 0. The van der Waals surface area contributed by atoms with Crippen molar-refractivity contribution in [1.29, 1.82) is 0 Å². The maximum Gasteiger partial charge on any atom is 0.306 e. The van der Waals surface area contributed by atoms with Crippen molar-refractivity contribution >= 4 is 17.9 Å². The molecule has 56 heavy (non-hydrogen) atoms. The molecular weight excluding hydrogens is 697 g/mol. The molecule has 0 aliphatic rings. The van der Waals surface area contributed by atoms with E-state index in [0.29, 0.717) is 19.3 Å². The highest BCUT2D eigenvalue weighted by molar-refractivity contribution is 5.71. The standard InChI is InChI=1S/C50H84O6/c1-4-7-10-13-16-19-21-23-24-25-27-28-31-34-37-40-43-49(52)55-46-47(45-54-48(51)42-39-36-33-30-18-15-12-9-6-3)56-50(53)44-41-38-35-32-29-26-22-20-17-14-11-8-5-2/h8,11,17,19-21,24-26,29,35,38,47H,4-7,9-10,12-16,18,22-23,27-28,30-34,36-37,39-46H2,1-3H3/b11-8-,20-17-,21-19-,25-24-,29-26-,38-35-. The second-order valence-corrected chi connectivity index (χ2v) is 14.9. The molecule has 0 N–H and O–H groups in total. The fourth-order valence-corrected chi connectivity index (χ4v) is 6.01.